The Balaban J connectivity index is 1.64. The zero-order valence-electron chi connectivity index (χ0n) is 10.9. The van der Waals surface area contributed by atoms with E-state index in [-0.39, 0.29) is 0 Å². The van der Waals surface area contributed by atoms with Crippen LogP contribution < -0.4 is 5.32 Å². The normalized spacial score (nSPS) is 17.5. The Hall–Kier alpha value is -0.870. The molecule has 0 saturated carbocycles. The van der Waals surface area contributed by atoms with Crippen LogP contribution in [0.1, 0.15) is 30.7 Å². The van der Waals surface area contributed by atoms with Crippen molar-refractivity contribution in [3.8, 4) is 0 Å². The third-order valence-corrected chi connectivity index (χ3v) is 3.30. The van der Waals surface area contributed by atoms with Gasteiger partial charge in [-0.05, 0) is 45.7 Å². The van der Waals surface area contributed by atoms with Gasteiger partial charge in [0.15, 0.2) is 0 Å². The molecular formula is C13H23N3O. The molecule has 1 N–H and O–H groups in total. The van der Waals surface area contributed by atoms with E-state index < -0.39 is 0 Å². The zero-order chi connectivity index (χ0) is 12.1. The Morgan fingerprint density at radius 2 is 2.18 bits per heavy atom. The Morgan fingerprint density at radius 1 is 1.41 bits per heavy atom. The van der Waals surface area contributed by atoms with Crippen LogP contribution in [0.2, 0.25) is 0 Å². The molecule has 1 aliphatic rings. The first-order valence-electron chi connectivity index (χ1n) is 6.58. The molecule has 1 aromatic heterocycles. The van der Waals surface area contributed by atoms with E-state index in [0.29, 0.717) is 6.04 Å². The summed E-state index contributed by atoms with van der Waals surface area (Å²) in [7, 11) is 0. The molecule has 1 aliphatic heterocycles. The third kappa shape index (κ3) is 3.82. The Morgan fingerprint density at radius 3 is 2.82 bits per heavy atom. The lowest BCUT2D eigenvalue weighted by Crippen LogP contribution is -2.35. The molecule has 0 aromatic carbocycles. The van der Waals surface area contributed by atoms with Crippen LogP contribution >= 0.6 is 0 Å². The standard InChI is InChI=1S/C13H23N3O/c1-11-10-12(2)16(15-11)7-3-6-14-13-4-8-17-9-5-13/h10,13-14H,3-9H2,1-2H3. The van der Waals surface area contributed by atoms with E-state index in [2.05, 4.69) is 28.1 Å². The van der Waals surface area contributed by atoms with Crippen LogP contribution in [-0.2, 0) is 11.3 Å². The van der Waals surface area contributed by atoms with Crippen molar-refractivity contribution in [3.05, 3.63) is 17.5 Å². The van der Waals surface area contributed by atoms with E-state index in [1.165, 1.54) is 5.69 Å². The Labute approximate surface area is 103 Å². The molecule has 4 heteroatoms. The zero-order valence-corrected chi connectivity index (χ0v) is 10.9. The van der Waals surface area contributed by atoms with Crippen molar-refractivity contribution in [2.75, 3.05) is 19.8 Å². The SMILES string of the molecule is Cc1cc(C)n(CCCNC2CCOCC2)n1. The van der Waals surface area contributed by atoms with Gasteiger partial charge in [-0.1, -0.05) is 0 Å². The van der Waals surface area contributed by atoms with Crippen LogP contribution in [0, 0.1) is 13.8 Å². The molecule has 0 aliphatic carbocycles. The number of aryl methyl sites for hydroxylation is 3. The molecule has 0 radical (unpaired) electrons. The maximum Gasteiger partial charge on any atom is 0.0596 e. The summed E-state index contributed by atoms with van der Waals surface area (Å²) in [5, 5.41) is 8.06. The minimum absolute atomic E-state index is 0.657. The second kappa shape index (κ2) is 6.17. The average molecular weight is 237 g/mol. The van der Waals surface area contributed by atoms with Crippen LogP contribution in [0.3, 0.4) is 0 Å². The van der Waals surface area contributed by atoms with E-state index in [0.717, 1.165) is 51.3 Å². The molecule has 2 rings (SSSR count). The molecule has 0 bridgehead atoms. The maximum absolute atomic E-state index is 5.34. The van der Waals surface area contributed by atoms with Gasteiger partial charge in [-0.15, -0.1) is 0 Å². The summed E-state index contributed by atoms with van der Waals surface area (Å²) in [6.07, 6.45) is 3.44. The van der Waals surface area contributed by atoms with Gasteiger partial charge in [-0.2, -0.15) is 5.10 Å². The van der Waals surface area contributed by atoms with Crippen molar-refractivity contribution >= 4 is 0 Å². The molecule has 1 fully saturated rings. The molecule has 1 saturated heterocycles. The van der Waals surface area contributed by atoms with Crippen molar-refractivity contribution in [2.45, 2.75) is 45.7 Å². The summed E-state index contributed by atoms with van der Waals surface area (Å²) in [6.45, 7) is 8.07. The predicted octanol–water partition coefficient (Wildman–Crippen LogP) is 1.66. The van der Waals surface area contributed by atoms with Gasteiger partial charge < -0.3 is 10.1 Å². The molecule has 0 amide bonds. The summed E-state index contributed by atoms with van der Waals surface area (Å²) in [5.74, 6) is 0. The minimum atomic E-state index is 0.657. The largest absolute Gasteiger partial charge is 0.381 e. The van der Waals surface area contributed by atoms with Gasteiger partial charge in [-0.3, -0.25) is 4.68 Å². The number of nitrogens with one attached hydrogen (secondary N) is 1. The highest BCUT2D eigenvalue weighted by molar-refractivity contribution is 5.06. The van der Waals surface area contributed by atoms with Gasteiger partial charge in [0.1, 0.15) is 0 Å². The number of hydrogen-bond acceptors (Lipinski definition) is 3. The number of ether oxygens (including phenoxy) is 1. The maximum atomic E-state index is 5.34. The van der Waals surface area contributed by atoms with Gasteiger partial charge >= 0.3 is 0 Å². The van der Waals surface area contributed by atoms with Gasteiger partial charge in [-0.25, -0.2) is 0 Å². The number of hydrogen-bond donors (Lipinski definition) is 1. The van der Waals surface area contributed by atoms with Gasteiger partial charge in [0.25, 0.3) is 0 Å². The lowest BCUT2D eigenvalue weighted by atomic mass is 10.1. The fourth-order valence-electron chi connectivity index (χ4n) is 2.34. The van der Waals surface area contributed by atoms with Gasteiger partial charge in [0.05, 0.1) is 5.69 Å². The van der Waals surface area contributed by atoms with E-state index in [1.807, 2.05) is 6.92 Å². The van der Waals surface area contributed by atoms with Crippen molar-refractivity contribution in [3.63, 3.8) is 0 Å². The fourth-order valence-corrected chi connectivity index (χ4v) is 2.34. The molecule has 4 nitrogen and oxygen atoms in total. The topological polar surface area (TPSA) is 39.1 Å². The summed E-state index contributed by atoms with van der Waals surface area (Å²) in [5.41, 5.74) is 2.37. The highest BCUT2D eigenvalue weighted by atomic mass is 16.5. The monoisotopic (exact) mass is 237 g/mol. The van der Waals surface area contributed by atoms with Crippen LogP contribution in [-0.4, -0.2) is 35.6 Å². The predicted molar refractivity (Wildman–Crippen MR) is 68.2 cm³/mol. The summed E-state index contributed by atoms with van der Waals surface area (Å²) < 4.78 is 7.44. The lowest BCUT2D eigenvalue weighted by Gasteiger charge is -2.23. The third-order valence-electron chi connectivity index (χ3n) is 3.30. The van der Waals surface area contributed by atoms with E-state index in [4.69, 9.17) is 4.74 Å². The first kappa shape index (κ1) is 12.6. The first-order chi connectivity index (χ1) is 8.25. The molecule has 0 unspecified atom stereocenters. The fraction of sp³-hybridized carbons (Fsp3) is 0.769. The van der Waals surface area contributed by atoms with Crippen molar-refractivity contribution < 1.29 is 4.74 Å². The van der Waals surface area contributed by atoms with Crippen molar-refractivity contribution in [2.24, 2.45) is 0 Å². The second-order valence-electron chi connectivity index (χ2n) is 4.84. The van der Waals surface area contributed by atoms with Crippen molar-refractivity contribution in [1.82, 2.24) is 15.1 Å². The summed E-state index contributed by atoms with van der Waals surface area (Å²) in [4.78, 5) is 0. The number of aromatic nitrogens is 2. The minimum Gasteiger partial charge on any atom is -0.381 e. The second-order valence-corrected chi connectivity index (χ2v) is 4.84. The van der Waals surface area contributed by atoms with Crippen LogP contribution in [0.15, 0.2) is 6.07 Å². The van der Waals surface area contributed by atoms with E-state index in [9.17, 15) is 0 Å². The molecular weight excluding hydrogens is 214 g/mol. The summed E-state index contributed by atoms with van der Waals surface area (Å²) in [6, 6.07) is 2.79. The highest BCUT2D eigenvalue weighted by Gasteiger charge is 2.12. The van der Waals surface area contributed by atoms with Crippen molar-refractivity contribution in [1.29, 1.82) is 0 Å². The first-order valence-corrected chi connectivity index (χ1v) is 6.58. The average Bonchev–Trinajstić information content (AvgIpc) is 2.65. The molecule has 17 heavy (non-hydrogen) atoms. The number of nitrogens with zero attached hydrogens (tertiary/aromatic N) is 2. The highest BCUT2D eigenvalue weighted by Crippen LogP contribution is 2.06. The van der Waals surface area contributed by atoms with E-state index in [1.54, 1.807) is 0 Å². The molecule has 0 spiro atoms. The molecule has 1 aromatic rings. The molecule has 0 atom stereocenters. The molecule has 96 valence electrons. The smallest absolute Gasteiger partial charge is 0.0596 e. The Bertz CT molecular complexity index is 342. The number of rotatable bonds is 5. The lowest BCUT2D eigenvalue weighted by molar-refractivity contribution is 0.0779. The quantitative estimate of drug-likeness (QED) is 0.792. The van der Waals surface area contributed by atoms with Gasteiger partial charge in [0.2, 0.25) is 0 Å². The van der Waals surface area contributed by atoms with Crippen LogP contribution in [0.4, 0.5) is 0 Å². The Kier molecular flexibility index (Phi) is 4.57. The van der Waals surface area contributed by atoms with Crippen LogP contribution in [0.25, 0.3) is 0 Å². The van der Waals surface area contributed by atoms with Gasteiger partial charge in [0, 0.05) is 31.5 Å². The van der Waals surface area contributed by atoms with Crippen LogP contribution in [0.5, 0.6) is 0 Å². The van der Waals surface area contributed by atoms with E-state index >= 15 is 0 Å². The summed E-state index contributed by atoms with van der Waals surface area (Å²) >= 11 is 0. The molecule has 2 heterocycles.